The van der Waals surface area contributed by atoms with E-state index in [0.717, 1.165) is 22.0 Å². The van der Waals surface area contributed by atoms with Crippen molar-refractivity contribution in [2.75, 3.05) is 13.7 Å². The van der Waals surface area contributed by atoms with E-state index in [1.807, 2.05) is 24.3 Å². The quantitative estimate of drug-likeness (QED) is 0.792. The molecule has 0 aliphatic rings. The molecular formula is C18H19BrFNO2. The third-order valence-corrected chi connectivity index (χ3v) is 4.30. The number of nitrogens with one attached hydrogen (secondary N) is 1. The summed E-state index contributed by atoms with van der Waals surface area (Å²) in [6.07, 6.45) is 1.60. The number of carbonyl (C=O) groups excluding carboxylic acids is 1. The van der Waals surface area contributed by atoms with Gasteiger partial charge in [0, 0.05) is 17.4 Å². The van der Waals surface area contributed by atoms with Gasteiger partial charge in [-0.3, -0.25) is 4.79 Å². The zero-order valence-corrected chi connectivity index (χ0v) is 14.5. The Morgan fingerprint density at radius 2 is 2.00 bits per heavy atom. The fraction of sp³-hybridized carbons (Fsp3) is 0.278. The number of amides is 1. The first-order valence-corrected chi connectivity index (χ1v) is 8.22. The first kappa shape index (κ1) is 17.5. The molecule has 1 N–H and O–H groups in total. The topological polar surface area (TPSA) is 38.3 Å². The average Bonchev–Trinajstić information content (AvgIpc) is 2.55. The fourth-order valence-corrected chi connectivity index (χ4v) is 2.73. The Morgan fingerprint density at radius 1 is 1.22 bits per heavy atom. The Morgan fingerprint density at radius 3 is 2.70 bits per heavy atom. The summed E-state index contributed by atoms with van der Waals surface area (Å²) in [6.45, 7) is 0.582. The smallest absolute Gasteiger partial charge is 0.220 e. The van der Waals surface area contributed by atoms with Crippen molar-refractivity contribution in [3.63, 3.8) is 0 Å². The van der Waals surface area contributed by atoms with E-state index in [0.29, 0.717) is 19.4 Å². The predicted molar refractivity (Wildman–Crippen MR) is 92.1 cm³/mol. The number of aryl methyl sites for hydroxylation is 1. The van der Waals surface area contributed by atoms with Crippen LogP contribution in [0.5, 0.6) is 5.75 Å². The van der Waals surface area contributed by atoms with E-state index in [4.69, 9.17) is 4.74 Å². The average molecular weight is 380 g/mol. The number of carbonyl (C=O) groups is 1. The molecule has 5 heteroatoms. The summed E-state index contributed by atoms with van der Waals surface area (Å²) in [6, 6.07) is 12.7. The molecule has 122 valence electrons. The molecule has 0 unspecified atom stereocenters. The normalized spacial score (nSPS) is 10.4. The van der Waals surface area contributed by atoms with E-state index in [2.05, 4.69) is 21.2 Å². The highest BCUT2D eigenvalue weighted by Gasteiger charge is 2.06. The van der Waals surface area contributed by atoms with Crippen LogP contribution in [0.2, 0.25) is 0 Å². The second-order valence-electron chi connectivity index (χ2n) is 5.16. The maximum absolute atomic E-state index is 13.6. The van der Waals surface area contributed by atoms with Crippen LogP contribution in [0.3, 0.4) is 0 Å². The van der Waals surface area contributed by atoms with E-state index >= 15 is 0 Å². The molecule has 2 rings (SSSR count). The van der Waals surface area contributed by atoms with Crippen LogP contribution in [0, 0.1) is 5.82 Å². The molecule has 0 heterocycles. The number of halogens is 2. The van der Waals surface area contributed by atoms with Gasteiger partial charge in [-0.25, -0.2) is 4.39 Å². The number of hydrogen-bond acceptors (Lipinski definition) is 2. The van der Waals surface area contributed by atoms with E-state index in [-0.39, 0.29) is 11.7 Å². The highest BCUT2D eigenvalue weighted by molar-refractivity contribution is 9.10. The Balaban J connectivity index is 1.75. The van der Waals surface area contributed by atoms with E-state index < -0.39 is 5.82 Å². The molecule has 3 nitrogen and oxygen atoms in total. The second kappa shape index (κ2) is 8.67. The number of ether oxygens (including phenoxy) is 1. The Bertz CT molecular complexity index is 676. The molecule has 1 amide bonds. The van der Waals surface area contributed by atoms with Gasteiger partial charge in [0.1, 0.15) is 0 Å². The van der Waals surface area contributed by atoms with Crippen LogP contribution in [-0.4, -0.2) is 19.6 Å². The van der Waals surface area contributed by atoms with Crippen LogP contribution in [0.1, 0.15) is 17.5 Å². The van der Waals surface area contributed by atoms with Gasteiger partial charge in [-0.1, -0.05) is 40.2 Å². The summed E-state index contributed by atoms with van der Waals surface area (Å²) < 4.78 is 19.5. The molecular weight excluding hydrogens is 361 g/mol. The van der Waals surface area contributed by atoms with Crippen molar-refractivity contribution in [2.24, 2.45) is 0 Å². The number of rotatable bonds is 7. The third-order valence-electron chi connectivity index (χ3n) is 3.53. The maximum atomic E-state index is 13.6. The van der Waals surface area contributed by atoms with Crippen LogP contribution in [0.25, 0.3) is 0 Å². The van der Waals surface area contributed by atoms with Crippen molar-refractivity contribution in [1.29, 1.82) is 0 Å². The molecule has 0 atom stereocenters. The summed E-state index contributed by atoms with van der Waals surface area (Å²) in [4.78, 5) is 11.9. The molecule has 0 spiro atoms. The molecule has 0 radical (unpaired) electrons. The van der Waals surface area contributed by atoms with E-state index in [9.17, 15) is 9.18 Å². The first-order valence-electron chi connectivity index (χ1n) is 7.42. The molecule has 0 aliphatic heterocycles. The first-order chi connectivity index (χ1) is 11.1. The van der Waals surface area contributed by atoms with Crippen LogP contribution < -0.4 is 10.1 Å². The van der Waals surface area contributed by atoms with E-state index in [1.165, 1.54) is 13.2 Å². The SMILES string of the molecule is COc1ccc(CCC(=O)NCCc2ccccc2Br)cc1F. The predicted octanol–water partition coefficient (Wildman–Crippen LogP) is 3.89. The molecule has 0 saturated carbocycles. The monoisotopic (exact) mass is 379 g/mol. The largest absolute Gasteiger partial charge is 0.494 e. The van der Waals surface area contributed by atoms with Gasteiger partial charge in [-0.15, -0.1) is 0 Å². The lowest BCUT2D eigenvalue weighted by atomic mass is 10.1. The standard InChI is InChI=1S/C18H19BrFNO2/c1-23-17-8-6-13(12-16(17)20)7-9-18(22)21-11-10-14-4-2-3-5-15(14)19/h2-6,8,12H,7,9-11H2,1H3,(H,21,22). The molecule has 0 aromatic heterocycles. The van der Waals surface area contributed by atoms with E-state index in [1.54, 1.807) is 12.1 Å². The Labute approximate surface area is 144 Å². The van der Waals surface area contributed by atoms with Gasteiger partial charge in [0.05, 0.1) is 7.11 Å². The van der Waals surface area contributed by atoms with Crippen molar-refractivity contribution in [2.45, 2.75) is 19.3 Å². The zero-order chi connectivity index (χ0) is 16.7. The minimum absolute atomic E-state index is 0.0340. The van der Waals surface area contributed by atoms with Gasteiger partial charge in [0.15, 0.2) is 11.6 Å². The zero-order valence-electron chi connectivity index (χ0n) is 12.9. The van der Waals surface area contributed by atoms with Crippen LogP contribution in [-0.2, 0) is 17.6 Å². The Kier molecular flexibility index (Phi) is 6.59. The van der Waals surface area contributed by atoms with Gasteiger partial charge < -0.3 is 10.1 Å². The van der Waals surface area contributed by atoms with Crippen molar-refractivity contribution >= 4 is 21.8 Å². The molecule has 0 aliphatic carbocycles. The number of benzene rings is 2. The van der Waals surface area contributed by atoms with Gasteiger partial charge in [0.2, 0.25) is 5.91 Å². The van der Waals surface area contributed by atoms with Crippen molar-refractivity contribution in [1.82, 2.24) is 5.32 Å². The molecule has 0 fully saturated rings. The number of hydrogen-bond donors (Lipinski definition) is 1. The summed E-state index contributed by atoms with van der Waals surface area (Å²) in [7, 11) is 1.43. The van der Waals surface area contributed by atoms with Crippen LogP contribution >= 0.6 is 15.9 Å². The maximum Gasteiger partial charge on any atom is 0.220 e. The molecule has 0 saturated heterocycles. The second-order valence-corrected chi connectivity index (χ2v) is 6.01. The number of methoxy groups -OCH3 is 1. The van der Waals surface area contributed by atoms with Crippen molar-refractivity contribution < 1.29 is 13.9 Å². The van der Waals surface area contributed by atoms with Crippen molar-refractivity contribution in [3.8, 4) is 5.75 Å². The molecule has 23 heavy (non-hydrogen) atoms. The lowest BCUT2D eigenvalue weighted by Gasteiger charge is -2.08. The third kappa shape index (κ3) is 5.36. The fourth-order valence-electron chi connectivity index (χ4n) is 2.25. The summed E-state index contributed by atoms with van der Waals surface area (Å²) in [5.41, 5.74) is 1.94. The van der Waals surface area contributed by atoms with Gasteiger partial charge >= 0.3 is 0 Å². The summed E-state index contributed by atoms with van der Waals surface area (Å²) >= 11 is 3.48. The molecule has 2 aromatic rings. The van der Waals surface area contributed by atoms with Gasteiger partial charge in [-0.2, -0.15) is 0 Å². The summed E-state index contributed by atoms with van der Waals surface area (Å²) in [5.74, 6) is -0.223. The molecule has 0 bridgehead atoms. The van der Waals surface area contributed by atoms with Crippen molar-refractivity contribution in [3.05, 3.63) is 63.9 Å². The summed E-state index contributed by atoms with van der Waals surface area (Å²) in [5, 5.41) is 2.89. The van der Waals surface area contributed by atoms with Crippen LogP contribution in [0.4, 0.5) is 4.39 Å². The van der Waals surface area contributed by atoms with Gasteiger partial charge in [0.25, 0.3) is 0 Å². The Hall–Kier alpha value is -1.88. The van der Waals surface area contributed by atoms with Crippen LogP contribution in [0.15, 0.2) is 46.9 Å². The minimum Gasteiger partial charge on any atom is -0.494 e. The highest BCUT2D eigenvalue weighted by Crippen LogP contribution is 2.18. The molecule has 2 aromatic carbocycles. The highest BCUT2D eigenvalue weighted by atomic mass is 79.9. The van der Waals surface area contributed by atoms with Gasteiger partial charge in [-0.05, 0) is 42.2 Å². The minimum atomic E-state index is -0.403. The lowest BCUT2D eigenvalue weighted by molar-refractivity contribution is -0.121. The lowest BCUT2D eigenvalue weighted by Crippen LogP contribution is -2.25.